The fourth-order valence-corrected chi connectivity index (χ4v) is 4.38. The molecule has 9 heteroatoms. The molecule has 2 saturated heterocycles. The van der Waals surface area contributed by atoms with Gasteiger partial charge in [0.1, 0.15) is 6.04 Å². The second kappa shape index (κ2) is 7.14. The van der Waals surface area contributed by atoms with Gasteiger partial charge in [0.25, 0.3) is 11.8 Å². The highest BCUT2D eigenvalue weighted by Gasteiger charge is 2.45. The van der Waals surface area contributed by atoms with Crippen molar-refractivity contribution < 1.29 is 19.2 Å². The Morgan fingerprint density at radius 2 is 1.81 bits per heavy atom. The van der Waals surface area contributed by atoms with Crippen molar-refractivity contribution >= 4 is 39.6 Å². The van der Waals surface area contributed by atoms with Gasteiger partial charge in [0.2, 0.25) is 11.8 Å². The quantitative estimate of drug-likeness (QED) is 0.661. The van der Waals surface area contributed by atoms with Crippen molar-refractivity contribution in [2.45, 2.75) is 25.4 Å². The number of rotatable bonds is 3. The minimum atomic E-state index is -0.944. The minimum Gasteiger partial charge on any atom is -0.314 e. The van der Waals surface area contributed by atoms with Gasteiger partial charge >= 0.3 is 0 Å². The maximum absolute atomic E-state index is 13.1. The van der Waals surface area contributed by atoms with Gasteiger partial charge < -0.3 is 5.32 Å². The standard InChI is InChI=1S/C18H19BrN4O4/c19-11-7-10(9-22-5-3-20-4-6-22)15-12(8-11)17(26)23(18(15)27)13-1-2-14(24)21-16(13)25/h7-8,13,20H,1-6,9H2,(H,21,24,25). The lowest BCUT2D eigenvalue weighted by Crippen LogP contribution is -2.54. The van der Waals surface area contributed by atoms with Gasteiger partial charge in [-0.1, -0.05) is 15.9 Å². The van der Waals surface area contributed by atoms with Gasteiger partial charge in [-0.25, -0.2) is 0 Å². The van der Waals surface area contributed by atoms with Crippen LogP contribution in [0.4, 0.5) is 0 Å². The predicted octanol–water partition coefficient (Wildman–Crippen LogP) is 0.255. The maximum Gasteiger partial charge on any atom is 0.262 e. The van der Waals surface area contributed by atoms with E-state index in [-0.39, 0.29) is 18.7 Å². The number of benzene rings is 1. The molecule has 3 aliphatic heterocycles. The zero-order valence-corrected chi connectivity index (χ0v) is 16.2. The van der Waals surface area contributed by atoms with E-state index in [1.807, 2.05) is 6.07 Å². The number of carbonyl (C=O) groups excluding carboxylic acids is 4. The van der Waals surface area contributed by atoms with Crippen molar-refractivity contribution in [2.75, 3.05) is 26.2 Å². The topological polar surface area (TPSA) is 98.8 Å². The molecule has 142 valence electrons. The van der Waals surface area contributed by atoms with Crippen LogP contribution in [0.2, 0.25) is 0 Å². The fourth-order valence-electron chi connectivity index (χ4n) is 3.87. The normalized spacial score (nSPS) is 23.6. The summed E-state index contributed by atoms with van der Waals surface area (Å²) >= 11 is 3.43. The number of imide groups is 2. The van der Waals surface area contributed by atoms with Crippen LogP contribution in [0.15, 0.2) is 16.6 Å². The summed E-state index contributed by atoms with van der Waals surface area (Å²) in [4.78, 5) is 52.9. The second-order valence-corrected chi connectivity index (χ2v) is 7.88. The molecule has 0 bridgehead atoms. The first-order valence-electron chi connectivity index (χ1n) is 8.93. The number of hydrogen-bond acceptors (Lipinski definition) is 6. The third-order valence-electron chi connectivity index (χ3n) is 5.19. The summed E-state index contributed by atoms with van der Waals surface area (Å²) in [6.07, 6.45) is 0.269. The van der Waals surface area contributed by atoms with Crippen molar-refractivity contribution in [2.24, 2.45) is 0 Å². The lowest BCUT2D eigenvalue weighted by Gasteiger charge is -2.28. The minimum absolute atomic E-state index is 0.112. The van der Waals surface area contributed by atoms with Crippen LogP contribution in [0.25, 0.3) is 0 Å². The number of amides is 4. The van der Waals surface area contributed by atoms with Crippen LogP contribution in [0.5, 0.6) is 0 Å². The Morgan fingerprint density at radius 1 is 1.07 bits per heavy atom. The first-order valence-corrected chi connectivity index (χ1v) is 9.72. The average Bonchev–Trinajstić information content (AvgIpc) is 2.87. The van der Waals surface area contributed by atoms with Crippen molar-refractivity contribution in [3.8, 4) is 0 Å². The lowest BCUT2D eigenvalue weighted by molar-refractivity contribution is -0.136. The molecule has 3 aliphatic rings. The number of hydrogen-bond donors (Lipinski definition) is 2. The highest BCUT2D eigenvalue weighted by atomic mass is 79.9. The van der Waals surface area contributed by atoms with E-state index in [2.05, 4.69) is 31.5 Å². The molecular weight excluding hydrogens is 416 g/mol. The molecular formula is C18H19BrN4O4. The molecule has 0 spiro atoms. The Kier molecular flexibility index (Phi) is 4.83. The molecule has 4 amide bonds. The zero-order chi connectivity index (χ0) is 19.1. The molecule has 1 aromatic rings. The summed E-state index contributed by atoms with van der Waals surface area (Å²) < 4.78 is 0.720. The van der Waals surface area contributed by atoms with E-state index in [0.717, 1.165) is 41.1 Å². The van der Waals surface area contributed by atoms with E-state index in [9.17, 15) is 19.2 Å². The summed E-state index contributed by atoms with van der Waals surface area (Å²) in [6.45, 7) is 4.04. The number of nitrogens with zero attached hydrogens (tertiary/aromatic N) is 2. The van der Waals surface area contributed by atoms with Crippen LogP contribution in [0.1, 0.15) is 39.1 Å². The van der Waals surface area contributed by atoms with Crippen molar-refractivity contribution in [1.29, 1.82) is 0 Å². The van der Waals surface area contributed by atoms with Gasteiger partial charge in [0.05, 0.1) is 11.1 Å². The SMILES string of the molecule is O=C1CCC(N2C(=O)c3cc(Br)cc(CN4CCNCC4)c3C2=O)C(=O)N1. The van der Waals surface area contributed by atoms with Crippen molar-refractivity contribution in [1.82, 2.24) is 20.4 Å². The van der Waals surface area contributed by atoms with E-state index in [0.29, 0.717) is 17.7 Å². The Hall–Kier alpha value is -2.10. The Bertz CT molecular complexity index is 850. The third kappa shape index (κ3) is 3.30. The predicted molar refractivity (Wildman–Crippen MR) is 99.0 cm³/mol. The molecule has 0 radical (unpaired) electrons. The van der Waals surface area contributed by atoms with Gasteiger partial charge in [-0.3, -0.25) is 34.3 Å². The van der Waals surface area contributed by atoms with E-state index in [1.54, 1.807) is 6.07 Å². The highest BCUT2D eigenvalue weighted by molar-refractivity contribution is 9.10. The molecule has 1 aromatic carbocycles. The number of fused-ring (bicyclic) bond motifs is 1. The van der Waals surface area contributed by atoms with Crippen LogP contribution >= 0.6 is 15.9 Å². The molecule has 2 fully saturated rings. The first kappa shape index (κ1) is 18.3. The molecule has 8 nitrogen and oxygen atoms in total. The molecule has 0 saturated carbocycles. The number of nitrogens with one attached hydrogen (secondary N) is 2. The van der Waals surface area contributed by atoms with E-state index < -0.39 is 23.8 Å². The number of halogens is 1. The number of piperidine rings is 1. The molecule has 1 unspecified atom stereocenters. The monoisotopic (exact) mass is 434 g/mol. The second-order valence-electron chi connectivity index (χ2n) is 6.96. The summed E-state index contributed by atoms with van der Waals surface area (Å²) in [6, 6.07) is 2.55. The van der Waals surface area contributed by atoms with E-state index in [4.69, 9.17) is 0 Å². The molecule has 0 aliphatic carbocycles. The highest BCUT2D eigenvalue weighted by Crippen LogP contribution is 2.33. The number of carbonyl (C=O) groups is 4. The van der Waals surface area contributed by atoms with Crippen LogP contribution in [0.3, 0.4) is 0 Å². The Labute approximate surface area is 164 Å². The smallest absolute Gasteiger partial charge is 0.262 e. The fraction of sp³-hybridized carbons (Fsp3) is 0.444. The van der Waals surface area contributed by atoms with Crippen LogP contribution in [-0.2, 0) is 16.1 Å². The third-order valence-corrected chi connectivity index (χ3v) is 5.65. The van der Waals surface area contributed by atoms with Gasteiger partial charge in [-0.2, -0.15) is 0 Å². The van der Waals surface area contributed by atoms with Crippen molar-refractivity contribution in [3.05, 3.63) is 33.3 Å². The molecule has 4 rings (SSSR count). The van der Waals surface area contributed by atoms with E-state index in [1.165, 1.54) is 0 Å². The molecule has 0 aromatic heterocycles. The van der Waals surface area contributed by atoms with Gasteiger partial charge in [-0.05, 0) is 24.1 Å². The largest absolute Gasteiger partial charge is 0.314 e. The van der Waals surface area contributed by atoms with Crippen molar-refractivity contribution in [3.63, 3.8) is 0 Å². The summed E-state index contributed by atoms with van der Waals surface area (Å²) in [5, 5.41) is 5.50. The van der Waals surface area contributed by atoms with Gasteiger partial charge in [0, 0.05) is 43.6 Å². The first-order chi connectivity index (χ1) is 13.0. The summed E-state index contributed by atoms with van der Waals surface area (Å²) in [7, 11) is 0. The van der Waals surface area contributed by atoms with Gasteiger partial charge in [0.15, 0.2) is 0 Å². The van der Waals surface area contributed by atoms with E-state index >= 15 is 0 Å². The summed E-state index contributed by atoms with van der Waals surface area (Å²) in [5.74, 6) is -1.91. The Morgan fingerprint density at radius 3 is 2.52 bits per heavy atom. The zero-order valence-electron chi connectivity index (χ0n) is 14.6. The maximum atomic E-state index is 13.1. The molecule has 2 N–H and O–H groups in total. The Balaban J connectivity index is 1.67. The average molecular weight is 435 g/mol. The lowest BCUT2D eigenvalue weighted by atomic mass is 10.0. The van der Waals surface area contributed by atoms with Crippen LogP contribution < -0.4 is 10.6 Å². The van der Waals surface area contributed by atoms with Gasteiger partial charge in [-0.15, -0.1) is 0 Å². The van der Waals surface area contributed by atoms with Crippen LogP contribution in [0, 0.1) is 0 Å². The molecule has 1 atom stereocenters. The molecule has 27 heavy (non-hydrogen) atoms. The van der Waals surface area contributed by atoms with Crippen LogP contribution in [-0.4, -0.2) is 65.6 Å². The number of piperazine rings is 1. The summed E-state index contributed by atoms with van der Waals surface area (Å²) in [5.41, 5.74) is 1.45. The molecule has 3 heterocycles.